The van der Waals surface area contributed by atoms with Gasteiger partial charge in [-0.3, -0.25) is 4.79 Å². The fourth-order valence-electron chi connectivity index (χ4n) is 3.95. The largest absolute Gasteiger partial charge is 0.369 e. The Balaban J connectivity index is 1.46. The number of nitrogens with zero attached hydrogens (tertiary/aromatic N) is 2. The summed E-state index contributed by atoms with van der Waals surface area (Å²) in [5, 5.41) is 2.88. The average molecular weight is 464 g/mol. The highest BCUT2D eigenvalue weighted by Gasteiger charge is 2.29. The third-order valence-corrected chi connectivity index (χ3v) is 7.80. The number of anilines is 2. The van der Waals surface area contributed by atoms with Gasteiger partial charge in [0, 0.05) is 43.1 Å². The molecular weight excluding hydrogens is 434 g/mol. The number of carbonyl (C=O) groups is 1. The number of hydrogen-bond donors (Lipinski definition) is 1. The summed E-state index contributed by atoms with van der Waals surface area (Å²) < 4.78 is 28.0. The van der Waals surface area contributed by atoms with Gasteiger partial charge in [0.2, 0.25) is 10.0 Å². The van der Waals surface area contributed by atoms with E-state index in [2.05, 4.69) is 24.1 Å². The zero-order chi connectivity index (χ0) is 23.4. The van der Waals surface area contributed by atoms with Gasteiger partial charge < -0.3 is 10.2 Å². The Morgan fingerprint density at radius 2 is 1.55 bits per heavy atom. The van der Waals surface area contributed by atoms with E-state index in [4.69, 9.17) is 0 Å². The van der Waals surface area contributed by atoms with E-state index in [0.717, 1.165) is 11.3 Å². The summed E-state index contributed by atoms with van der Waals surface area (Å²) in [6.07, 6.45) is 0. The quantitative estimate of drug-likeness (QED) is 0.581. The Labute approximate surface area is 195 Å². The maximum Gasteiger partial charge on any atom is 0.255 e. The molecular formula is C26H29N3O3S. The third-order valence-electron chi connectivity index (χ3n) is 5.91. The molecule has 1 aliphatic rings. The highest BCUT2D eigenvalue weighted by Crippen LogP contribution is 2.23. The summed E-state index contributed by atoms with van der Waals surface area (Å²) in [7, 11) is -3.69. The van der Waals surface area contributed by atoms with Crippen LogP contribution in [0.25, 0.3) is 0 Å². The lowest BCUT2D eigenvalue weighted by Gasteiger charge is -2.35. The van der Waals surface area contributed by atoms with E-state index in [9.17, 15) is 13.2 Å². The normalized spacial score (nSPS) is 14.9. The number of amides is 1. The summed E-state index contributed by atoms with van der Waals surface area (Å²) in [4.78, 5) is 15.1. The van der Waals surface area contributed by atoms with Gasteiger partial charge in [-0.2, -0.15) is 4.31 Å². The van der Waals surface area contributed by atoms with E-state index in [1.165, 1.54) is 10.4 Å². The third kappa shape index (κ3) is 5.26. The van der Waals surface area contributed by atoms with Crippen molar-refractivity contribution >= 4 is 27.3 Å². The summed E-state index contributed by atoms with van der Waals surface area (Å²) in [5.74, 6) is 0.0135. The molecule has 7 heteroatoms. The first-order valence-electron chi connectivity index (χ1n) is 11.2. The molecule has 1 aliphatic heterocycles. The van der Waals surface area contributed by atoms with E-state index < -0.39 is 10.0 Å². The second-order valence-corrected chi connectivity index (χ2v) is 10.4. The summed E-state index contributed by atoms with van der Waals surface area (Å²) in [6, 6.07) is 23.9. The van der Waals surface area contributed by atoms with Crippen molar-refractivity contribution in [1.82, 2.24) is 4.31 Å². The van der Waals surface area contributed by atoms with Crippen molar-refractivity contribution in [2.75, 3.05) is 36.4 Å². The fraction of sp³-hybridized carbons (Fsp3) is 0.269. The van der Waals surface area contributed by atoms with Gasteiger partial charge in [0.25, 0.3) is 5.91 Å². The van der Waals surface area contributed by atoms with Gasteiger partial charge in [0.05, 0.1) is 4.90 Å². The van der Waals surface area contributed by atoms with Crippen molar-refractivity contribution in [2.24, 2.45) is 0 Å². The van der Waals surface area contributed by atoms with Gasteiger partial charge in [0.15, 0.2) is 0 Å². The van der Waals surface area contributed by atoms with E-state index >= 15 is 0 Å². The Hall–Kier alpha value is -3.16. The van der Waals surface area contributed by atoms with Crippen molar-refractivity contribution in [2.45, 2.75) is 24.7 Å². The number of hydrogen-bond acceptors (Lipinski definition) is 4. The Morgan fingerprint density at radius 3 is 2.24 bits per heavy atom. The molecule has 1 saturated heterocycles. The topological polar surface area (TPSA) is 69.7 Å². The maximum atomic E-state index is 13.3. The van der Waals surface area contributed by atoms with Crippen LogP contribution in [0.4, 0.5) is 11.4 Å². The molecule has 3 aromatic carbocycles. The van der Waals surface area contributed by atoms with Gasteiger partial charge in [0.1, 0.15) is 0 Å². The number of para-hydroxylation sites is 1. The summed E-state index contributed by atoms with van der Waals surface area (Å²) in [5.41, 5.74) is 3.22. The zero-order valence-electron chi connectivity index (χ0n) is 18.9. The molecule has 1 fully saturated rings. The van der Waals surface area contributed by atoms with E-state index in [-0.39, 0.29) is 10.8 Å². The van der Waals surface area contributed by atoms with Crippen LogP contribution in [0, 0.1) is 0 Å². The number of nitrogens with one attached hydrogen (secondary N) is 1. The van der Waals surface area contributed by atoms with Crippen LogP contribution in [0.5, 0.6) is 0 Å². The molecule has 3 aromatic rings. The molecule has 4 rings (SSSR count). The van der Waals surface area contributed by atoms with Gasteiger partial charge in [-0.15, -0.1) is 0 Å². The minimum absolute atomic E-state index is 0.138. The molecule has 0 spiro atoms. The van der Waals surface area contributed by atoms with Crippen LogP contribution in [-0.4, -0.2) is 44.8 Å². The predicted octanol–water partition coefficient (Wildman–Crippen LogP) is 4.57. The minimum Gasteiger partial charge on any atom is -0.369 e. The van der Waals surface area contributed by atoms with Crippen molar-refractivity contribution in [3.05, 3.63) is 90.0 Å². The number of carbonyl (C=O) groups excluding carboxylic acids is 1. The molecule has 1 heterocycles. The highest BCUT2D eigenvalue weighted by atomic mass is 32.2. The van der Waals surface area contributed by atoms with Crippen LogP contribution in [0.1, 0.15) is 35.7 Å². The minimum atomic E-state index is -3.69. The summed E-state index contributed by atoms with van der Waals surface area (Å²) >= 11 is 0. The number of rotatable bonds is 6. The molecule has 33 heavy (non-hydrogen) atoms. The summed E-state index contributed by atoms with van der Waals surface area (Å²) in [6.45, 7) is 6.22. The van der Waals surface area contributed by atoms with Crippen LogP contribution in [0.2, 0.25) is 0 Å². The lowest BCUT2D eigenvalue weighted by atomic mass is 10.0. The number of benzene rings is 3. The van der Waals surface area contributed by atoms with E-state index in [1.807, 2.05) is 54.6 Å². The van der Waals surface area contributed by atoms with Gasteiger partial charge in [-0.05, 0) is 53.9 Å². The van der Waals surface area contributed by atoms with Crippen LogP contribution >= 0.6 is 0 Å². The first-order valence-corrected chi connectivity index (χ1v) is 12.6. The molecule has 0 atom stereocenters. The van der Waals surface area contributed by atoms with Crippen LogP contribution in [0.3, 0.4) is 0 Å². The molecule has 0 aliphatic carbocycles. The number of sulfonamides is 1. The van der Waals surface area contributed by atoms with Gasteiger partial charge in [-0.25, -0.2) is 8.42 Å². The Morgan fingerprint density at radius 1 is 0.848 bits per heavy atom. The van der Waals surface area contributed by atoms with Gasteiger partial charge in [-0.1, -0.05) is 50.2 Å². The molecule has 172 valence electrons. The Bertz CT molecular complexity index is 1220. The zero-order valence-corrected chi connectivity index (χ0v) is 19.8. The second kappa shape index (κ2) is 9.77. The van der Waals surface area contributed by atoms with Crippen LogP contribution in [0.15, 0.2) is 83.8 Å². The number of piperazine rings is 1. The molecule has 0 unspecified atom stereocenters. The first-order chi connectivity index (χ1) is 15.8. The van der Waals surface area contributed by atoms with Crippen LogP contribution in [-0.2, 0) is 10.0 Å². The van der Waals surface area contributed by atoms with Crippen LogP contribution < -0.4 is 10.2 Å². The smallest absolute Gasteiger partial charge is 0.255 e. The average Bonchev–Trinajstić information content (AvgIpc) is 2.85. The van der Waals surface area contributed by atoms with Gasteiger partial charge >= 0.3 is 0 Å². The molecule has 1 amide bonds. The van der Waals surface area contributed by atoms with E-state index in [0.29, 0.717) is 43.3 Å². The fourth-order valence-corrected chi connectivity index (χ4v) is 5.42. The van der Waals surface area contributed by atoms with Crippen molar-refractivity contribution in [3.63, 3.8) is 0 Å². The lowest BCUT2D eigenvalue weighted by molar-refractivity contribution is 0.102. The van der Waals surface area contributed by atoms with E-state index in [1.54, 1.807) is 18.2 Å². The monoisotopic (exact) mass is 463 g/mol. The maximum absolute atomic E-state index is 13.3. The van der Waals surface area contributed by atoms with Crippen molar-refractivity contribution < 1.29 is 13.2 Å². The van der Waals surface area contributed by atoms with Crippen molar-refractivity contribution in [3.8, 4) is 0 Å². The Kier molecular flexibility index (Phi) is 6.81. The standard InChI is InChI=1S/C26H29N3O3S/c1-20(2)21-8-6-10-23(18-21)27-26(30)22-9-7-13-25(19-22)33(31,32)29-16-14-28(15-17-29)24-11-4-3-5-12-24/h3-13,18-20H,14-17H2,1-2H3,(H,27,30). The lowest BCUT2D eigenvalue weighted by Crippen LogP contribution is -2.48. The second-order valence-electron chi connectivity index (χ2n) is 8.49. The molecule has 1 N–H and O–H groups in total. The molecule has 0 radical (unpaired) electrons. The SMILES string of the molecule is CC(C)c1cccc(NC(=O)c2cccc(S(=O)(=O)N3CCN(c4ccccc4)CC3)c2)c1. The van der Waals surface area contributed by atoms with Crippen molar-refractivity contribution in [1.29, 1.82) is 0 Å². The highest BCUT2D eigenvalue weighted by molar-refractivity contribution is 7.89. The molecule has 0 saturated carbocycles. The molecule has 6 nitrogen and oxygen atoms in total. The molecule has 0 bridgehead atoms. The first kappa shape index (κ1) is 23.0. The predicted molar refractivity (Wildman–Crippen MR) is 132 cm³/mol. The molecule has 0 aromatic heterocycles.